The molecule has 6 heteroatoms. The summed E-state index contributed by atoms with van der Waals surface area (Å²) in [6.45, 7) is 0. The molecule has 1 aliphatic rings. The molecule has 0 spiro atoms. The number of aryl methyl sites for hydroxylation is 3. The van der Waals surface area contributed by atoms with Crippen molar-refractivity contribution in [1.29, 1.82) is 0 Å². The van der Waals surface area contributed by atoms with E-state index in [1.165, 1.54) is 0 Å². The third kappa shape index (κ3) is 4.07. The normalized spacial score (nSPS) is 11.9. The number of rotatable bonds is 3. The summed E-state index contributed by atoms with van der Waals surface area (Å²) in [5, 5.41) is 0. The summed E-state index contributed by atoms with van der Waals surface area (Å²) in [5.74, 6) is 0. The van der Waals surface area contributed by atoms with Gasteiger partial charge in [0, 0.05) is 75.2 Å². The fourth-order valence-corrected chi connectivity index (χ4v) is 5.36. The fourth-order valence-electron chi connectivity index (χ4n) is 5.36. The molecule has 7 heterocycles. The number of hydrogen-bond donors (Lipinski definition) is 2. The van der Waals surface area contributed by atoms with Crippen molar-refractivity contribution in [1.82, 2.24) is 15.0 Å². The second kappa shape index (κ2) is 9.03. The standard InChI is InChI=1S/C33H28N6/c1-37-16-10-22(11-17-37)31-25-4-6-27(34-25)32(23-12-18-38(2)19-13-23)29-8-9-30(36-29)33(28-7-5-26(31)35-28)24-14-20-39(3)21-15-24/h4-21H,1-3H3,(H,34,35,36)/q+2/p+1. The Morgan fingerprint density at radius 1 is 0.436 bits per heavy atom. The Morgan fingerprint density at radius 3 is 1.10 bits per heavy atom. The second-order valence-electron chi connectivity index (χ2n) is 10.2. The quantitative estimate of drug-likeness (QED) is 0.319. The SMILES string of the molecule is C[n+]1ccc(-c2c3nc(c(-c4cc[n+](C)cc4)c4ccc([nH]4)c(-c4cc[n+](C)cc4)c4ccc2[nH]4)C=C3)cc1. The number of H-pyrrole nitrogens is 2. The Morgan fingerprint density at radius 2 is 0.744 bits per heavy atom. The molecule has 0 atom stereocenters. The average molecular weight is 510 g/mol. The number of aromatic amines is 2. The lowest BCUT2D eigenvalue weighted by Crippen LogP contribution is -2.25. The van der Waals surface area contributed by atoms with Gasteiger partial charge in [0.15, 0.2) is 37.2 Å². The average Bonchev–Trinajstić information content (AvgIpc) is 3.71. The summed E-state index contributed by atoms with van der Waals surface area (Å²) in [7, 11) is 6.11. The van der Waals surface area contributed by atoms with Gasteiger partial charge in [-0.2, -0.15) is 0 Å². The second-order valence-corrected chi connectivity index (χ2v) is 10.2. The Kier molecular flexibility index (Phi) is 5.33. The molecule has 188 valence electrons. The zero-order valence-corrected chi connectivity index (χ0v) is 22.2. The van der Waals surface area contributed by atoms with Crippen LogP contribution in [0, 0.1) is 0 Å². The lowest BCUT2D eigenvalue weighted by atomic mass is 10.0. The predicted molar refractivity (Wildman–Crippen MR) is 154 cm³/mol. The molecule has 0 radical (unpaired) electrons. The van der Waals surface area contributed by atoms with Crippen molar-refractivity contribution in [2.45, 2.75) is 0 Å². The highest BCUT2D eigenvalue weighted by molar-refractivity contribution is 5.99. The predicted octanol–water partition coefficient (Wildman–Crippen LogP) is 5.13. The Bertz CT molecular complexity index is 1840. The molecule has 2 N–H and O–H groups in total. The number of fused-ring (bicyclic) bond motifs is 6. The van der Waals surface area contributed by atoms with E-state index in [0.717, 1.165) is 66.8 Å². The van der Waals surface area contributed by atoms with Gasteiger partial charge in [0.05, 0.1) is 11.4 Å². The van der Waals surface area contributed by atoms with E-state index in [2.05, 4.69) is 125 Å². The first-order chi connectivity index (χ1) is 19.0. The summed E-state index contributed by atoms with van der Waals surface area (Å²) in [6, 6.07) is 21.6. The van der Waals surface area contributed by atoms with Crippen molar-refractivity contribution in [3.63, 3.8) is 0 Å². The fraction of sp³-hybridized carbons (Fsp3) is 0.0909. The van der Waals surface area contributed by atoms with Crippen molar-refractivity contribution in [2.24, 2.45) is 21.1 Å². The van der Waals surface area contributed by atoms with Gasteiger partial charge in [0.2, 0.25) is 0 Å². The maximum atomic E-state index is 5.22. The number of nitrogens with one attached hydrogen (secondary N) is 2. The van der Waals surface area contributed by atoms with Crippen LogP contribution in [0.1, 0.15) is 11.4 Å². The molecule has 39 heavy (non-hydrogen) atoms. The molecule has 6 aromatic rings. The Labute approximate surface area is 226 Å². The van der Waals surface area contributed by atoms with Gasteiger partial charge in [-0.15, -0.1) is 0 Å². The molecule has 0 saturated carbocycles. The van der Waals surface area contributed by atoms with E-state index in [4.69, 9.17) is 4.98 Å². The molecule has 0 fully saturated rings. The van der Waals surface area contributed by atoms with Crippen molar-refractivity contribution >= 4 is 34.2 Å². The third-order valence-electron chi connectivity index (χ3n) is 7.40. The van der Waals surface area contributed by atoms with Crippen LogP contribution >= 0.6 is 0 Å². The van der Waals surface area contributed by atoms with Crippen LogP contribution in [0.5, 0.6) is 0 Å². The molecule has 6 bridgehead atoms. The van der Waals surface area contributed by atoms with Crippen LogP contribution in [-0.4, -0.2) is 15.0 Å². The molecule has 0 aliphatic carbocycles. The topological polar surface area (TPSA) is 56.1 Å². The van der Waals surface area contributed by atoms with Crippen LogP contribution < -0.4 is 13.7 Å². The van der Waals surface area contributed by atoms with Gasteiger partial charge in [-0.1, -0.05) is 0 Å². The molecule has 6 aromatic heterocycles. The van der Waals surface area contributed by atoms with E-state index in [1.54, 1.807) is 0 Å². The van der Waals surface area contributed by atoms with Crippen LogP contribution in [0.25, 0.3) is 67.6 Å². The maximum Gasteiger partial charge on any atom is 0.169 e. The van der Waals surface area contributed by atoms with Gasteiger partial charge >= 0.3 is 0 Å². The van der Waals surface area contributed by atoms with Gasteiger partial charge in [0.25, 0.3) is 0 Å². The van der Waals surface area contributed by atoms with Crippen molar-refractivity contribution in [2.75, 3.05) is 0 Å². The van der Waals surface area contributed by atoms with Crippen LogP contribution in [-0.2, 0) is 21.1 Å². The first-order valence-corrected chi connectivity index (χ1v) is 13.1. The summed E-state index contributed by atoms with van der Waals surface area (Å²) in [4.78, 5) is 12.7. The highest BCUT2D eigenvalue weighted by Crippen LogP contribution is 2.36. The van der Waals surface area contributed by atoms with E-state index in [1.807, 2.05) is 30.3 Å². The zero-order valence-electron chi connectivity index (χ0n) is 22.2. The van der Waals surface area contributed by atoms with Crippen molar-refractivity contribution < 1.29 is 13.7 Å². The molecule has 7 rings (SSSR count). The summed E-state index contributed by atoms with van der Waals surface area (Å²) in [6.07, 6.45) is 16.7. The smallest absolute Gasteiger partial charge is 0.169 e. The summed E-state index contributed by atoms with van der Waals surface area (Å²) >= 11 is 0. The van der Waals surface area contributed by atoms with Gasteiger partial charge < -0.3 is 9.97 Å². The number of pyridine rings is 3. The van der Waals surface area contributed by atoms with Crippen LogP contribution in [0.2, 0.25) is 0 Å². The lowest BCUT2D eigenvalue weighted by Gasteiger charge is -2.06. The molecular weight excluding hydrogens is 480 g/mol. The van der Waals surface area contributed by atoms with E-state index < -0.39 is 0 Å². The highest BCUT2D eigenvalue weighted by atomic mass is 14.9. The third-order valence-corrected chi connectivity index (χ3v) is 7.40. The molecule has 0 saturated heterocycles. The van der Waals surface area contributed by atoms with Crippen LogP contribution in [0.4, 0.5) is 0 Å². The Hall–Kier alpha value is -5.10. The zero-order chi connectivity index (χ0) is 26.5. The molecule has 0 unspecified atom stereocenters. The molecule has 0 amide bonds. The van der Waals surface area contributed by atoms with E-state index in [-0.39, 0.29) is 0 Å². The minimum atomic E-state index is 0.937. The molecule has 1 aliphatic heterocycles. The minimum Gasteiger partial charge on any atom is -0.354 e. The number of hydrogen-bond acceptors (Lipinski definition) is 1. The van der Waals surface area contributed by atoms with Gasteiger partial charge in [-0.05, 0) is 53.1 Å². The molecule has 6 nitrogen and oxygen atoms in total. The monoisotopic (exact) mass is 509 g/mol. The number of aromatic nitrogens is 6. The van der Waals surface area contributed by atoms with E-state index in [0.29, 0.717) is 0 Å². The largest absolute Gasteiger partial charge is 0.354 e. The first kappa shape index (κ1) is 23.0. The number of nitrogens with zero attached hydrogens (tertiary/aromatic N) is 4. The van der Waals surface area contributed by atoms with Crippen LogP contribution in [0.3, 0.4) is 0 Å². The summed E-state index contributed by atoms with van der Waals surface area (Å²) < 4.78 is 6.16. The first-order valence-electron chi connectivity index (χ1n) is 13.1. The van der Waals surface area contributed by atoms with Gasteiger partial charge in [-0.3, -0.25) is 0 Å². The Balaban J connectivity index is 1.65. The van der Waals surface area contributed by atoms with E-state index >= 15 is 0 Å². The van der Waals surface area contributed by atoms with Crippen molar-refractivity contribution in [3.8, 4) is 33.4 Å². The highest BCUT2D eigenvalue weighted by Gasteiger charge is 2.18. The lowest BCUT2D eigenvalue weighted by molar-refractivity contribution is -0.671. The summed E-state index contributed by atoms with van der Waals surface area (Å²) in [5.41, 5.74) is 12.7. The maximum absolute atomic E-state index is 5.22. The minimum absolute atomic E-state index is 0.937. The molecular formula is C33H29N6+3. The van der Waals surface area contributed by atoms with Crippen molar-refractivity contribution in [3.05, 3.63) is 109 Å². The van der Waals surface area contributed by atoms with Crippen LogP contribution in [0.15, 0.2) is 97.8 Å². The van der Waals surface area contributed by atoms with E-state index in [9.17, 15) is 0 Å². The van der Waals surface area contributed by atoms with Gasteiger partial charge in [-0.25, -0.2) is 18.7 Å². The molecule has 0 aromatic carbocycles. The van der Waals surface area contributed by atoms with Gasteiger partial charge in [0.1, 0.15) is 21.1 Å².